The van der Waals surface area contributed by atoms with Crippen molar-refractivity contribution in [2.75, 3.05) is 7.11 Å². The van der Waals surface area contributed by atoms with Crippen molar-refractivity contribution in [3.8, 4) is 5.75 Å². The second-order valence-electron chi connectivity index (χ2n) is 4.39. The predicted molar refractivity (Wildman–Crippen MR) is 65.5 cm³/mol. The Labute approximate surface area is 93.5 Å². The van der Waals surface area contributed by atoms with Crippen LogP contribution in [0.1, 0.15) is 45.6 Å². The van der Waals surface area contributed by atoms with E-state index >= 15 is 0 Å². The van der Waals surface area contributed by atoms with E-state index in [2.05, 4.69) is 45.0 Å². The summed E-state index contributed by atoms with van der Waals surface area (Å²) in [5.41, 5.74) is 1.74. The topological polar surface area (TPSA) is 9.23 Å². The van der Waals surface area contributed by atoms with Crippen molar-refractivity contribution in [3.63, 3.8) is 0 Å². The fourth-order valence-electron chi connectivity index (χ4n) is 2.07. The lowest BCUT2D eigenvalue weighted by Crippen LogP contribution is -2.20. The van der Waals surface area contributed by atoms with E-state index in [1.54, 1.807) is 7.11 Å². The van der Waals surface area contributed by atoms with E-state index in [-0.39, 0.29) is 0 Å². The van der Waals surface area contributed by atoms with Crippen LogP contribution in [0.15, 0.2) is 24.3 Å². The van der Waals surface area contributed by atoms with Crippen molar-refractivity contribution in [1.29, 1.82) is 0 Å². The number of methoxy groups -OCH3 is 1. The highest BCUT2D eigenvalue weighted by molar-refractivity contribution is 5.31. The van der Waals surface area contributed by atoms with E-state index in [1.807, 2.05) is 0 Å². The standard InChI is InChI=1S/C14H22O/c1-5-11-14(3,6-2)12-7-9-13(15-4)10-8-12/h7-10H,5-6,11H2,1-4H3. The van der Waals surface area contributed by atoms with Gasteiger partial charge in [-0.05, 0) is 36.0 Å². The first-order chi connectivity index (χ1) is 7.16. The molecular weight excluding hydrogens is 184 g/mol. The monoisotopic (exact) mass is 206 g/mol. The van der Waals surface area contributed by atoms with Gasteiger partial charge in [0.05, 0.1) is 7.11 Å². The zero-order valence-electron chi connectivity index (χ0n) is 10.3. The smallest absolute Gasteiger partial charge is 0.118 e. The van der Waals surface area contributed by atoms with Crippen molar-refractivity contribution >= 4 is 0 Å². The van der Waals surface area contributed by atoms with Crippen molar-refractivity contribution in [2.45, 2.75) is 45.4 Å². The van der Waals surface area contributed by atoms with Crippen LogP contribution < -0.4 is 4.74 Å². The maximum absolute atomic E-state index is 5.18. The molecule has 0 aliphatic rings. The molecule has 1 aromatic carbocycles. The summed E-state index contributed by atoms with van der Waals surface area (Å²) in [5, 5.41) is 0. The maximum atomic E-state index is 5.18. The third kappa shape index (κ3) is 2.74. The first-order valence-corrected chi connectivity index (χ1v) is 5.81. The minimum Gasteiger partial charge on any atom is -0.497 e. The predicted octanol–water partition coefficient (Wildman–Crippen LogP) is 4.16. The summed E-state index contributed by atoms with van der Waals surface area (Å²) < 4.78 is 5.18. The van der Waals surface area contributed by atoms with Gasteiger partial charge in [-0.2, -0.15) is 0 Å². The van der Waals surface area contributed by atoms with Crippen LogP contribution in [0.3, 0.4) is 0 Å². The number of benzene rings is 1. The molecule has 1 rings (SSSR count). The summed E-state index contributed by atoms with van der Waals surface area (Å²) in [6, 6.07) is 8.49. The van der Waals surface area contributed by atoms with Crippen molar-refractivity contribution in [2.24, 2.45) is 0 Å². The Morgan fingerprint density at radius 3 is 2.13 bits per heavy atom. The van der Waals surface area contributed by atoms with Crippen LogP contribution >= 0.6 is 0 Å². The first kappa shape index (κ1) is 12.1. The van der Waals surface area contributed by atoms with Gasteiger partial charge >= 0.3 is 0 Å². The van der Waals surface area contributed by atoms with Crippen LogP contribution in [0.2, 0.25) is 0 Å². The molecule has 0 aromatic heterocycles. The van der Waals surface area contributed by atoms with E-state index in [0.29, 0.717) is 5.41 Å². The van der Waals surface area contributed by atoms with Gasteiger partial charge in [-0.3, -0.25) is 0 Å². The lowest BCUT2D eigenvalue weighted by molar-refractivity contribution is 0.405. The molecule has 1 atom stereocenters. The van der Waals surface area contributed by atoms with Gasteiger partial charge in [-0.25, -0.2) is 0 Å². The molecule has 0 bridgehead atoms. The molecule has 0 radical (unpaired) electrons. The van der Waals surface area contributed by atoms with Crippen LogP contribution in [0.5, 0.6) is 5.75 Å². The Morgan fingerprint density at radius 1 is 1.13 bits per heavy atom. The summed E-state index contributed by atoms with van der Waals surface area (Å²) >= 11 is 0. The van der Waals surface area contributed by atoms with E-state index in [0.717, 1.165) is 5.75 Å². The third-order valence-corrected chi connectivity index (χ3v) is 3.37. The fraction of sp³-hybridized carbons (Fsp3) is 0.571. The molecule has 0 saturated carbocycles. The Kier molecular flexibility index (Phi) is 4.19. The molecule has 0 amide bonds. The third-order valence-electron chi connectivity index (χ3n) is 3.37. The minimum absolute atomic E-state index is 0.320. The molecule has 1 unspecified atom stereocenters. The molecule has 0 fully saturated rings. The molecule has 84 valence electrons. The van der Waals surface area contributed by atoms with Gasteiger partial charge < -0.3 is 4.74 Å². The Balaban J connectivity index is 2.92. The van der Waals surface area contributed by atoms with Gasteiger partial charge in [0, 0.05) is 0 Å². The summed E-state index contributed by atoms with van der Waals surface area (Å²) in [5.74, 6) is 0.939. The number of hydrogen-bond acceptors (Lipinski definition) is 1. The van der Waals surface area contributed by atoms with E-state index in [9.17, 15) is 0 Å². The molecule has 1 nitrogen and oxygen atoms in total. The second-order valence-corrected chi connectivity index (χ2v) is 4.39. The van der Waals surface area contributed by atoms with Crippen molar-refractivity contribution < 1.29 is 4.74 Å². The second kappa shape index (κ2) is 5.20. The summed E-state index contributed by atoms with van der Waals surface area (Å²) in [6.45, 7) is 6.86. The molecule has 1 heteroatoms. The lowest BCUT2D eigenvalue weighted by atomic mass is 9.76. The van der Waals surface area contributed by atoms with Crippen LogP contribution in [-0.4, -0.2) is 7.11 Å². The molecule has 15 heavy (non-hydrogen) atoms. The number of rotatable bonds is 5. The van der Waals surface area contributed by atoms with Gasteiger partial charge in [-0.15, -0.1) is 0 Å². The summed E-state index contributed by atoms with van der Waals surface area (Å²) in [6.07, 6.45) is 3.67. The highest BCUT2D eigenvalue weighted by Crippen LogP contribution is 2.33. The lowest BCUT2D eigenvalue weighted by Gasteiger charge is -2.28. The summed E-state index contributed by atoms with van der Waals surface area (Å²) in [7, 11) is 1.71. The molecule has 0 spiro atoms. The number of hydrogen-bond donors (Lipinski definition) is 0. The van der Waals surface area contributed by atoms with E-state index in [1.165, 1.54) is 24.8 Å². The quantitative estimate of drug-likeness (QED) is 0.702. The van der Waals surface area contributed by atoms with Gasteiger partial charge in [0.2, 0.25) is 0 Å². The van der Waals surface area contributed by atoms with Gasteiger partial charge in [0.25, 0.3) is 0 Å². The molecular formula is C14H22O. The largest absolute Gasteiger partial charge is 0.497 e. The van der Waals surface area contributed by atoms with Gasteiger partial charge in [0.15, 0.2) is 0 Å². The van der Waals surface area contributed by atoms with E-state index < -0.39 is 0 Å². The molecule has 0 aliphatic carbocycles. The van der Waals surface area contributed by atoms with Crippen molar-refractivity contribution in [1.82, 2.24) is 0 Å². The average Bonchev–Trinajstić information content (AvgIpc) is 2.29. The highest BCUT2D eigenvalue weighted by Gasteiger charge is 2.22. The Bertz CT molecular complexity index is 289. The first-order valence-electron chi connectivity index (χ1n) is 5.81. The molecule has 0 saturated heterocycles. The average molecular weight is 206 g/mol. The Morgan fingerprint density at radius 2 is 1.73 bits per heavy atom. The number of ether oxygens (including phenoxy) is 1. The van der Waals surface area contributed by atoms with E-state index in [4.69, 9.17) is 4.74 Å². The molecule has 1 aromatic rings. The molecule has 0 N–H and O–H groups in total. The van der Waals surface area contributed by atoms with Gasteiger partial charge in [0.1, 0.15) is 5.75 Å². The van der Waals surface area contributed by atoms with Crippen molar-refractivity contribution in [3.05, 3.63) is 29.8 Å². The van der Waals surface area contributed by atoms with Crippen LogP contribution in [0.25, 0.3) is 0 Å². The van der Waals surface area contributed by atoms with Gasteiger partial charge in [-0.1, -0.05) is 39.3 Å². The molecule has 0 aliphatic heterocycles. The van der Waals surface area contributed by atoms with Crippen LogP contribution in [-0.2, 0) is 5.41 Å². The fourth-order valence-corrected chi connectivity index (χ4v) is 2.07. The normalized spacial score (nSPS) is 14.7. The SMILES string of the molecule is CCCC(C)(CC)c1ccc(OC)cc1. The van der Waals surface area contributed by atoms with Crippen LogP contribution in [0, 0.1) is 0 Å². The van der Waals surface area contributed by atoms with Crippen LogP contribution in [0.4, 0.5) is 0 Å². The Hall–Kier alpha value is -0.980. The zero-order valence-corrected chi connectivity index (χ0v) is 10.3. The minimum atomic E-state index is 0.320. The highest BCUT2D eigenvalue weighted by atomic mass is 16.5. The summed E-state index contributed by atoms with van der Waals surface area (Å²) in [4.78, 5) is 0. The zero-order chi connectivity index (χ0) is 11.3. The molecule has 0 heterocycles. The maximum Gasteiger partial charge on any atom is 0.118 e.